The molecule has 1 aliphatic heterocycles. The first-order valence-corrected chi connectivity index (χ1v) is 5.29. The van der Waals surface area contributed by atoms with Gasteiger partial charge in [0, 0.05) is 0 Å². The summed E-state index contributed by atoms with van der Waals surface area (Å²) in [6.07, 6.45) is -2.26. The van der Waals surface area contributed by atoms with Crippen molar-refractivity contribution >= 4 is 0 Å². The van der Waals surface area contributed by atoms with Crippen LogP contribution in [0.5, 0.6) is 0 Å². The van der Waals surface area contributed by atoms with E-state index in [0.29, 0.717) is 0 Å². The first kappa shape index (κ1) is 11.5. The van der Waals surface area contributed by atoms with Crippen LogP contribution in [-0.2, 0) is 10.9 Å². The summed E-state index contributed by atoms with van der Waals surface area (Å²) in [5, 5.41) is 0. The van der Waals surface area contributed by atoms with Crippen molar-refractivity contribution < 1.29 is 17.9 Å². The zero-order valence-electron chi connectivity index (χ0n) is 8.92. The summed E-state index contributed by atoms with van der Waals surface area (Å²) in [5.41, 5.74) is 0.222. The number of benzene rings is 1. The molecule has 0 unspecified atom stereocenters. The van der Waals surface area contributed by atoms with E-state index in [4.69, 9.17) is 4.74 Å². The van der Waals surface area contributed by atoms with Crippen LogP contribution < -0.4 is 0 Å². The molecule has 0 radical (unpaired) electrons. The highest BCUT2D eigenvalue weighted by atomic mass is 19.4. The van der Waals surface area contributed by atoms with Crippen molar-refractivity contribution in [2.75, 3.05) is 0 Å². The lowest BCUT2D eigenvalue weighted by Crippen LogP contribution is -2.06. The maximum absolute atomic E-state index is 12.3. The van der Waals surface area contributed by atoms with Gasteiger partial charge in [0.1, 0.15) is 0 Å². The minimum Gasteiger partial charge on any atom is -0.371 e. The summed E-state index contributed by atoms with van der Waals surface area (Å²) in [7, 11) is 0. The molecule has 0 aliphatic carbocycles. The molecule has 0 aromatic heterocycles. The molecule has 1 aromatic rings. The van der Waals surface area contributed by atoms with Gasteiger partial charge in [0.15, 0.2) is 0 Å². The summed E-state index contributed by atoms with van der Waals surface area (Å²) >= 11 is 0. The molecule has 1 aromatic carbocycles. The monoisotopic (exact) mass is 230 g/mol. The molecular weight excluding hydrogens is 217 g/mol. The van der Waals surface area contributed by atoms with E-state index >= 15 is 0 Å². The summed E-state index contributed by atoms with van der Waals surface area (Å²) in [5.74, 6) is 0. The van der Waals surface area contributed by atoms with Gasteiger partial charge in [-0.3, -0.25) is 0 Å². The normalized spacial score (nSPS) is 26.0. The number of hydrogen-bond acceptors (Lipinski definition) is 1. The van der Waals surface area contributed by atoms with Gasteiger partial charge in [-0.2, -0.15) is 13.2 Å². The van der Waals surface area contributed by atoms with Crippen molar-refractivity contribution in [2.24, 2.45) is 0 Å². The third kappa shape index (κ3) is 2.38. The Hall–Kier alpha value is -1.03. The van der Waals surface area contributed by atoms with Gasteiger partial charge >= 0.3 is 6.18 Å². The van der Waals surface area contributed by atoms with E-state index in [2.05, 4.69) is 0 Å². The van der Waals surface area contributed by atoms with Crippen LogP contribution in [0.4, 0.5) is 13.2 Å². The Morgan fingerprint density at radius 1 is 1.12 bits per heavy atom. The SMILES string of the molecule is C[C@@H]1CC[C@@H](c2ccc(C(F)(F)F)cc2)O1. The second-order valence-corrected chi connectivity index (χ2v) is 4.13. The van der Waals surface area contributed by atoms with E-state index in [9.17, 15) is 13.2 Å². The molecule has 0 spiro atoms. The van der Waals surface area contributed by atoms with Gasteiger partial charge in [0.2, 0.25) is 0 Å². The third-order valence-corrected chi connectivity index (χ3v) is 2.84. The minimum atomic E-state index is -4.26. The Labute approximate surface area is 92.2 Å². The first-order chi connectivity index (χ1) is 7.47. The molecule has 2 atom stereocenters. The summed E-state index contributed by atoms with van der Waals surface area (Å²) in [6.45, 7) is 1.98. The Kier molecular flexibility index (Phi) is 2.93. The fourth-order valence-electron chi connectivity index (χ4n) is 1.93. The molecule has 88 valence electrons. The van der Waals surface area contributed by atoms with E-state index in [0.717, 1.165) is 30.5 Å². The van der Waals surface area contributed by atoms with Crippen LogP contribution in [0.3, 0.4) is 0 Å². The topological polar surface area (TPSA) is 9.23 Å². The van der Waals surface area contributed by atoms with Gasteiger partial charge in [-0.05, 0) is 37.5 Å². The fourth-order valence-corrected chi connectivity index (χ4v) is 1.93. The molecule has 1 heterocycles. The Balaban J connectivity index is 2.14. The molecular formula is C12H13F3O. The number of ether oxygens (including phenoxy) is 1. The maximum atomic E-state index is 12.3. The van der Waals surface area contributed by atoms with E-state index in [1.165, 1.54) is 12.1 Å². The second kappa shape index (κ2) is 4.09. The van der Waals surface area contributed by atoms with E-state index in [1.54, 1.807) is 0 Å². The highest BCUT2D eigenvalue weighted by Crippen LogP contribution is 2.34. The van der Waals surface area contributed by atoms with E-state index < -0.39 is 11.7 Å². The van der Waals surface area contributed by atoms with Crippen molar-refractivity contribution in [3.63, 3.8) is 0 Å². The third-order valence-electron chi connectivity index (χ3n) is 2.84. The number of alkyl halides is 3. The first-order valence-electron chi connectivity index (χ1n) is 5.29. The van der Waals surface area contributed by atoms with Crippen molar-refractivity contribution in [3.8, 4) is 0 Å². The largest absolute Gasteiger partial charge is 0.416 e. The van der Waals surface area contributed by atoms with Crippen molar-refractivity contribution in [1.82, 2.24) is 0 Å². The molecule has 0 N–H and O–H groups in total. The molecule has 1 aliphatic rings. The molecule has 2 rings (SSSR count). The standard InChI is InChI=1S/C12H13F3O/c1-8-2-7-11(16-8)9-3-5-10(6-4-9)12(13,14)15/h3-6,8,11H,2,7H2,1H3/t8-,11+/m1/s1. The molecule has 0 bridgehead atoms. The minimum absolute atomic E-state index is 0.0442. The van der Waals surface area contributed by atoms with Gasteiger partial charge in [-0.15, -0.1) is 0 Å². The molecule has 1 nitrogen and oxygen atoms in total. The Bertz CT molecular complexity index is 356. The van der Waals surface area contributed by atoms with Crippen molar-refractivity contribution in [1.29, 1.82) is 0 Å². The number of hydrogen-bond donors (Lipinski definition) is 0. The highest BCUT2D eigenvalue weighted by Gasteiger charge is 2.31. The summed E-state index contributed by atoms with van der Waals surface area (Å²) < 4.78 is 42.6. The molecule has 16 heavy (non-hydrogen) atoms. The van der Waals surface area contributed by atoms with Gasteiger partial charge < -0.3 is 4.74 Å². The predicted molar refractivity (Wildman–Crippen MR) is 54.0 cm³/mol. The predicted octanol–water partition coefficient (Wildman–Crippen LogP) is 3.95. The summed E-state index contributed by atoms with van der Waals surface area (Å²) in [6, 6.07) is 5.24. The number of halogens is 3. The summed E-state index contributed by atoms with van der Waals surface area (Å²) in [4.78, 5) is 0. The lowest BCUT2D eigenvalue weighted by atomic mass is 10.0. The molecule has 1 saturated heterocycles. The smallest absolute Gasteiger partial charge is 0.371 e. The van der Waals surface area contributed by atoms with Gasteiger partial charge in [-0.25, -0.2) is 0 Å². The quantitative estimate of drug-likeness (QED) is 0.709. The number of rotatable bonds is 1. The van der Waals surface area contributed by atoms with Crippen LogP contribution in [0, 0.1) is 0 Å². The van der Waals surface area contributed by atoms with Crippen LogP contribution in [0.25, 0.3) is 0 Å². The van der Waals surface area contributed by atoms with Gasteiger partial charge in [-0.1, -0.05) is 12.1 Å². The van der Waals surface area contributed by atoms with Gasteiger partial charge in [0.05, 0.1) is 17.8 Å². The van der Waals surface area contributed by atoms with Crippen molar-refractivity contribution in [3.05, 3.63) is 35.4 Å². The molecule has 4 heteroatoms. The highest BCUT2D eigenvalue weighted by molar-refractivity contribution is 5.26. The average Bonchev–Trinajstić information content (AvgIpc) is 2.64. The fraction of sp³-hybridized carbons (Fsp3) is 0.500. The lowest BCUT2D eigenvalue weighted by Gasteiger charge is -2.13. The van der Waals surface area contributed by atoms with Crippen LogP contribution in [0.2, 0.25) is 0 Å². The van der Waals surface area contributed by atoms with E-state index in [1.807, 2.05) is 6.92 Å². The molecule has 0 saturated carbocycles. The Morgan fingerprint density at radius 3 is 2.19 bits per heavy atom. The van der Waals surface area contributed by atoms with Crippen LogP contribution in [-0.4, -0.2) is 6.10 Å². The zero-order valence-corrected chi connectivity index (χ0v) is 8.92. The molecule has 0 amide bonds. The van der Waals surface area contributed by atoms with Crippen molar-refractivity contribution in [2.45, 2.75) is 38.1 Å². The molecule has 1 fully saturated rings. The maximum Gasteiger partial charge on any atom is 0.416 e. The second-order valence-electron chi connectivity index (χ2n) is 4.13. The van der Waals surface area contributed by atoms with Crippen LogP contribution in [0.15, 0.2) is 24.3 Å². The average molecular weight is 230 g/mol. The lowest BCUT2D eigenvalue weighted by molar-refractivity contribution is -0.137. The van der Waals surface area contributed by atoms with Gasteiger partial charge in [0.25, 0.3) is 0 Å². The van der Waals surface area contributed by atoms with Crippen LogP contribution >= 0.6 is 0 Å². The zero-order chi connectivity index (χ0) is 11.8. The van der Waals surface area contributed by atoms with E-state index in [-0.39, 0.29) is 12.2 Å². The van der Waals surface area contributed by atoms with Crippen LogP contribution in [0.1, 0.15) is 37.0 Å². The Morgan fingerprint density at radius 2 is 1.75 bits per heavy atom.